The van der Waals surface area contributed by atoms with Crippen molar-refractivity contribution in [1.82, 2.24) is 19.5 Å². The molecule has 0 fully saturated rings. The Labute approximate surface area is 334 Å². The minimum Gasteiger partial charge on any atom is -0.455 e. The molecule has 11 aromatic rings. The van der Waals surface area contributed by atoms with Gasteiger partial charge < -0.3 is 9.30 Å². The van der Waals surface area contributed by atoms with E-state index in [0.717, 1.165) is 66.9 Å². The second-order valence-corrected chi connectivity index (χ2v) is 14.8. The number of aromatic nitrogens is 4. The van der Waals surface area contributed by atoms with E-state index in [4.69, 9.17) is 19.7 Å². The van der Waals surface area contributed by atoms with Gasteiger partial charge in [-0.3, -0.25) is 0 Å². The Hall–Kier alpha value is -7.89. The van der Waals surface area contributed by atoms with E-state index < -0.39 is 0 Å². The van der Waals surface area contributed by atoms with Gasteiger partial charge in [0.15, 0.2) is 17.5 Å². The molecular weight excluding hydrogens is 709 g/mol. The van der Waals surface area contributed by atoms with Gasteiger partial charge in [-0.25, -0.2) is 15.0 Å². The van der Waals surface area contributed by atoms with Crippen molar-refractivity contribution in [3.8, 4) is 73.6 Å². The molecule has 0 amide bonds. The fraction of sp³-hybridized carbons (Fsp3) is 0. The Balaban J connectivity index is 0.969. The molecule has 58 heavy (non-hydrogen) atoms. The molecule has 0 spiro atoms. The maximum Gasteiger partial charge on any atom is 0.167 e. The summed E-state index contributed by atoms with van der Waals surface area (Å²) in [7, 11) is 0. The van der Waals surface area contributed by atoms with Crippen LogP contribution < -0.4 is 4.74 Å². The van der Waals surface area contributed by atoms with Crippen molar-refractivity contribution in [1.29, 1.82) is 0 Å². The summed E-state index contributed by atoms with van der Waals surface area (Å²) in [5, 5.41) is 7.22. The van der Waals surface area contributed by atoms with E-state index >= 15 is 0 Å². The Kier molecular flexibility index (Phi) is 7.16. The van der Waals surface area contributed by atoms with Crippen molar-refractivity contribution < 1.29 is 4.74 Å². The molecule has 0 saturated heterocycles. The summed E-state index contributed by atoms with van der Waals surface area (Å²) in [5.41, 5.74) is 10.6. The molecule has 0 radical (unpaired) electrons. The lowest BCUT2D eigenvalue weighted by atomic mass is 9.89. The van der Waals surface area contributed by atoms with Gasteiger partial charge in [-0.05, 0) is 75.3 Å². The van der Waals surface area contributed by atoms with Gasteiger partial charge in [0, 0.05) is 38.5 Å². The first-order valence-electron chi connectivity index (χ1n) is 19.5. The minimum atomic E-state index is 0.563. The summed E-state index contributed by atoms with van der Waals surface area (Å²) in [5.74, 6) is 3.34. The molecule has 1 aliphatic rings. The third-order valence-corrected chi connectivity index (χ3v) is 11.4. The fourth-order valence-electron chi connectivity index (χ4n) is 8.73. The number of fused-ring (bicyclic) bond motifs is 6. The lowest BCUT2D eigenvalue weighted by Gasteiger charge is -2.24. The van der Waals surface area contributed by atoms with Crippen molar-refractivity contribution in [2.75, 3.05) is 0 Å². The highest BCUT2D eigenvalue weighted by molar-refractivity contribution is 6.14. The Bertz CT molecular complexity index is 3350. The highest BCUT2D eigenvalue weighted by Crippen LogP contribution is 2.51. The van der Waals surface area contributed by atoms with Gasteiger partial charge in [-0.15, -0.1) is 0 Å². The molecule has 0 bridgehead atoms. The number of hydrogen-bond acceptors (Lipinski definition) is 4. The summed E-state index contributed by atoms with van der Waals surface area (Å²) in [6.07, 6.45) is 0. The van der Waals surface area contributed by atoms with Crippen LogP contribution in [0.2, 0.25) is 0 Å². The minimum absolute atomic E-state index is 0.563. The lowest BCUT2D eigenvalue weighted by molar-refractivity contribution is 0.488. The zero-order valence-corrected chi connectivity index (χ0v) is 31.2. The molecule has 0 unspecified atom stereocenters. The average Bonchev–Trinajstić information content (AvgIpc) is 3.61. The van der Waals surface area contributed by atoms with Gasteiger partial charge in [-0.2, -0.15) is 0 Å². The number of rotatable bonds is 5. The monoisotopic (exact) mass is 740 g/mol. The van der Waals surface area contributed by atoms with Crippen LogP contribution >= 0.6 is 0 Å². The first-order chi connectivity index (χ1) is 28.7. The van der Waals surface area contributed by atoms with E-state index in [9.17, 15) is 0 Å². The van der Waals surface area contributed by atoms with Crippen LogP contribution in [0.15, 0.2) is 194 Å². The number of ether oxygens (including phenoxy) is 1. The standard InChI is InChI=1S/C53H32N4O/c1-3-13-34(14-4-1)51-54-52(35-15-5-2-6-16-35)56-53(55-51)44-23-12-22-43-42-21-11-20-41-39(29-30-48(49(41)42)58-50(43)44)33-25-27-38(28-26-33)57-46-24-10-9-19-40(46)45-31-36-17-7-8-18-37(36)32-47(45)57/h1-32H. The molecule has 9 aromatic carbocycles. The number of benzene rings is 9. The third kappa shape index (κ3) is 5.07. The van der Waals surface area contributed by atoms with E-state index in [1.54, 1.807) is 0 Å². The normalized spacial score (nSPS) is 11.9. The number of nitrogens with zero attached hydrogens (tertiary/aromatic N) is 4. The predicted molar refractivity (Wildman–Crippen MR) is 236 cm³/mol. The van der Waals surface area contributed by atoms with E-state index in [1.807, 2.05) is 66.7 Å². The van der Waals surface area contributed by atoms with Crippen LogP contribution in [0.3, 0.4) is 0 Å². The molecule has 12 rings (SSSR count). The van der Waals surface area contributed by atoms with Crippen LogP contribution in [0.25, 0.3) is 105 Å². The van der Waals surface area contributed by atoms with Crippen molar-refractivity contribution >= 4 is 43.4 Å². The smallest absolute Gasteiger partial charge is 0.167 e. The van der Waals surface area contributed by atoms with Crippen LogP contribution in [0.5, 0.6) is 11.5 Å². The summed E-state index contributed by atoms with van der Waals surface area (Å²) >= 11 is 0. The van der Waals surface area contributed by atoms with Crippen LogP contribution in [0.1, 0.15) is 0 Å². The maximum atomic E-state index is 6.89. The zero-order valence-electron chi connectivity index (χ0n) is 31.2. The molecule has 0 N–H and O–H groups in total. The van der Waals surface area contributed by atoms with Gasteiger partial charge in [0.2, 0.25) is 0 Å². The molecule has 1 aliphatic heterocycles. The molecule has 270 valence electrons. The van der Waals surface area contributed by atoms with Crippen LogP contribution in [0.4, 0.5) is 0 Å². The van der Waals surface area contributed by atoms with Crippen LogP contribution in [-0.4, -0.2) is 19.5 Å². The molecular formula is C53H32N4O. The number of hydrogen-bond donors (Lipinski definition) is 0. The van der Waals surface area contributed by atoms with E-state index in [0.29, 0.717) is 17.5 Å². The first-order valence-corrected chi connectivity index (χ1v) is 19.5. The quantitative estimate of drug-likeness (QED) is 0.176. The van der Waals surface area contributed by atoms with Crippen LogP contribution in [-0.2, 0) is 0 Å². The molecule has 0 saturated carbocycles. The Morgan fingerprint density at radius 3 is 1.72 bits per heavy atom. The van der Waals surface area contributed by atoms with E-state index in [-0.39, 0.29) is 0 Å². The Morgan fingerprint density at radius 1 is 0.362 bits per heavy atom. The Morgan fingerprint density at radius 2 is 0.966 bits per heavy atom. The van der Waals surface area contributed by atoms with Crippen LogP contribution in [0, 0.1) is 0 Å². The largest absolute Gasteiger partial charge is 0.455 e. The molecule has 3 heterocycles. The second-order valence-electron chi connectivity index (χ2n) is 14.8. The average molecular weight is 741 g/mol. The number of para-hydroxylation sites is 2. The van der Waals surface area contributed by atoms with Gasteiger partial charge in [0.05, 0.1) is 16.6 Å². The molecule has 2 aromatic heterocycles. The molecule has 0 atom stereocenters. The molecule has 0 aliphatic carbocycles. The topological polar surface area (TPSA) is 52.8 Å². The van der Waals surface area contributed by atoms with Crippen molar-refractivity contribution in [2.45, 2.75) is 0 Å². The first kappa shape index (κ1) is 32.4. The van der Waals surface area contributed by atoms with E-state index in [1.165, 1.54) is 32.6 Å². The van der Waals surface area contributed by atoms with Crippen molar-refractivity contribution in [3.63, 3.8) is 0 Å². The van der Waals surface area contributed by atoms with Crippen molar-refractivity contribution in [2.24, 2.45) is 0 Å². The zero-order chi connectivity index (χ0) is 38.2. The van der Waals surface area contributed by atoms with Gasteiger partial charge in [0.1, 0.15) is 11.5 Å². The lowest BCUT2D eigenvalue weighted by Crippen LogP contribution is -2.03. The summed E-state index contributed by atoms with van der Waals surface area (Å²) < 4.78 is 9.28. The summed E-state index contributed by atoms with van der Waals surface area (Å²) in [6, 6.07) is 68.1. The molecule has 5 heteroatoms. The van der Waals surface area contributed by atoms with Gasteiger partial charge in [-0.1, -0.05) is 152 Å². The van der Waals surface area contributed by atoms with E-state index in [2.05, 4.69) is 132 Å². The summed E-state index contributed by atoms with van der Waals surface area (Å²) in [4.78, 5) is 15.0. The SMILES string of the molecule is c1ccc(-c2nc(-c3ccccc3)nc(-c3cccc4c3Oc3ccc(-c5ccc(-n6c7ccccc7c7cc8ccccc8cc76)cc5)c5cccc-4c35)n2)cc1. The predicted octanol–water partition coefficient (Wildman–Crippen LogP) is 13.7. The highest BCUT2D eigenvalue weighted by atomic mass is 16.5. The third-order valence-electron chi connectivity index (χ3n) is 11.4. The fourth-order valence-corrected chi connectivity index (χ4v) is 8.73. The maximum absolute atomic E-state index is 6.89. The molecule has 5 nitrogen and oxygen atoms in total. The highest BCUT2D eigenvalue weighted by Gasteiger charge is 2.26. The summed E-state index contributed by atoms with van der Waals surface area (Å²) in [6.45, 7) is 0. The van der Waals surface area contributed by atoms with Crippen molar-refractivity contribution in [3.05, 3.63) is 194 Å². The van der Waals surface area contributed by atoms with Gasteiger partial charge >= 0.3 is 0 Å². The van der Waals surface area contributed by atoms with Gasteiger partial charge in [0.25, 0.3) is 0 Å². The second kappa shape index (κ2) is 12.8.